The fourth-order valence-corrected chi connectivity index (χ4v) is 2.20. The molecule has 100 valence electrons. The van der Waals surface area contributed by atoms with Crippen LogP contribution >= 0.6 is 0 Å². The molecule has 2 nitrogen and oxygen atoms in total. The second-order valence-electron chi connectivity index (χ2n) is 5.52. The molecule has 1 N–H and O–H groups in total. The van der Waals surface area contributed by atoms with Gasteiger partial charge in [0.05, 0.1) is 6.61 Å². The largest absolute Gasteiger partial charge is 0.494 e. The van der Waals surface area contributed by atoms with E-state index in [0.717, 1.165) is 37.2 Å². The monoisotopic (exact) mass is 247 g/mol. The van der Waals surface area contributed by atoms with Crippen LogP contribution in [0.2, 0.25) is 0 Å². The molecule has 18 heavy (non-hydrogen) atoms. The second kappa shape index (κ2) is 6.24. The fraction of sp³-hybridized carbons (Fsp3) is 0.625. The molecule has 0 radical (unpaired) electrons. The lowest BCUT2D eigenvalue weighted by Crippen LogP contribution is -2.21. The van der Waals surface area contributed by atoms with E-state index in [1.807, 2.05) is 0 Å². The van der Waals surface area contributed by atoms with Crippen molar-refractivity contribution in [1.29, 1.82) is 0 Å². The summed E-state index contributed by atoms with van der Waals surface area (Å²) in [5.41, 5.74) is 1.34. The molecule has 0 saturated heterocycles. The SMILES string of the molecule is CCCOc1ccc(C(C)NCC2CC2C)cc1. The smallest absolute Gasteiger partial charge is 0.119 e. The van der Waals surface area contributed by atoms with Crippen molar-refractivity contribution in [3.8, 4) is 5.75 Å². The molecule has 1 aromatic carbocycles. The van der Waals surface area contributed by atoms with E-state index in [4.69, 9.17) is 4.74 Å². The van der Waals surface area contributed by atoms with Crippen LogP contribution in [0, 0.1) is 11.8 Å². The van der Waals surface area contributed by atoms with Crippen molar-refractivity contribution in [3.05, 3.63) is 29.8 Å². The van der Waals surface area contributed by atoms with Crippen molar-refractivity contribution in [2.75, 3.05) is 13.2 Å². The molecule has 0 bridgehead atoms. The lowest BCUT2D eigenvalue weighted by molar-refractivity contribution is 0.317. The third-order valence-corrected chi connectivity index (χ3v) is 3.82. The molecule has 1 aliphatic carbocycles. The maximum Gasteiger partial charge on any atom is 0.119 e. The molecule has 0 aromatic heterocycles. The average molecular weight is 247 g/mol. The molecular formula is C16H25NO. The lowest BCUT2D eigenvalue weighted by Gasteiger charge is -2.14. The van der Waals surface area contributed by atoms with Crippen LogP contribution < -0.4 is 10.1 Å². The van der Waals surface area contributed by atoms with Crippen molar-refractivity contribution < 1.29 is 4.74 Å². The average Bonchev–Trinajstić information content (AvgIpc) is 3.10. The van der Waals surface area contributed by atoms with Crippen molar-refractivity contribution in [1.82, 2.24) is 5.32 Å². The molecule has 1 aliphatic rings. The van der Waals surface area contributed by atoms with E-state index in [-0.39, 0.29) is 0 Å². The summed E-state index contributed by atoms with van der Waals surface area (Å²) >= 11 is 0. The molecule has 2 rings (SSSR count). The summed E-state index contributed by atoms with van der Waals surface area (Å²) in [5, 5.41) is 3.61. The topological polar surface area (TPSA) is 21.3 Å². The van der Waals surface area contributed by atoms with Crippen molar-refractivity contribution >= 4 is 0 Å². The minimum atomic E-state index is 0.429. The fourth-order valence-electron chi connectivity index (χ4n) is 2.20. The molecule has 0 aliphatic heterocycles. The van der Waals surface area contributed by atoms with Gasteiger partial charge in [0.25, 0.3) is 0 Å². The molecule has 0 amide bonds. The highest BCUT2D eigenvalue weighted by Gasteiger charge is 2.32. The van der Waals surface area contributed by atoms with E-state index < -0.39 is 0 Å². The van der Waals surface area contributed by atoms with Gasteiger partial charge in [-0.2, -0.15) is 0 Å². The van der Waals surface area contributed by atoms with Crippen LogP contribution in [-0.2, 0) is 0 Å². The Morgan fingerprint density at radius 3 is 2.56 bits per heavy atom. The molecule has 1 saturated carbocycles. The van der Waals surface area contributed by atoms with Gasteiger partial charge in [-0.15, -0.1) is 0 Å². The summed E-state index contributed by atoms with van der Waals surface area (Å²) in [5.74, 6) is 2.80. The molecule has 0 heterocycles. The zero-order valence-electron chi connectivity index (χ0n) is 11.8. The summed E-state index contributed by atoms with van der Waals surface area (Å²) in [7, 11) is 0. The van der Waals surface area contributed by atoms with Crippen LogP contribution in [0.1, 0.15) is 45.2 Å². The summed E-state index contributed by atoms with van der Waals surface area (Å²) in [6.45, 7) is 8.63. The predicted molar refractivity (Wildman–Crippen MR) is 75.9 cm³/mol. The van der Waals surface area contributed by atoms with Crippen molar-refractivity contribution in [2.24, 2.45) is 11.8 Å². The minimum Gasteiger partial charge on any atom is -0.494 e. The minimum absolute atomic E-state index is 0.429. The lowest BCUT2D eigenvalue weighted by atomic mass is 10.1. The van der Waals surface area contributed by atoms with Gasteiger partial charge in [-0.3, -0.25) is 0 Å². The Morgan fingerprint density at radius 2 is 2.00 bits per heavy atom. The van der Waals surface area contributed by atoms with Crippen LogP contribution in [0.3, 0.4) is 0 Å². The van der Waals surface area contributed by atoms with Crippen molar-refractivity contribution in [2.45, 2.75) is 39.7 Å². The first kappa shape index (κ1) is 13.4. The number of rotatable bonds is 7. The van der Waals surface area contributed by atoms with E-state index in [1.54, 1.807) is 0 Å². The van der Waals surface area contributed by atoms with E-state index in [0.29, 0.717) is 6.04 Å². The number of hydrogen-bond acceptors (Lipinski definition) is 2. The zero-order chi connectivity index (χ0) is 13.0. The highest BCUT2D eigenvalue weighted by atomic mass is 16.5. The molecule has 1 aromatic rings. The van der Waals surface area contributed by atoms with Gasteiger partial charge in [0, 0.05) is 6.04 Å². The number of ether oxygens (including phenoxy) is 1. The molecule has 3 atom stereocenters. The molecule has 3 unspecified atom stereocenters. The molecule has 2 heteroatoms. The number of nitrogens with one attached hydrogen (secondary N) is 1. The quantitative estimate of drug-likeness (QED) is 0.791. The molecule has 1 fully saturated rings. The Labute approximate surface area is 111 Å². The Kier molecular flexibility index (Phi) is 4.65. The van der Waals surface area contributed by atoms with E-state index in [1.165, 1.54) is 12.0 Å². The van der Waals surface area contributed by atoms with E-state index in [2.05, 4.69) is 50.4 Å². The van der Waals surface area contributed by atoms with E-state index in [9.17, 15) is 0 Å². The predicted octanol–water partition coefficient (Wildman–Crippen LogP) is 3.78. The van der Waals surface area contributed by atoms with Gasteiger partial charge < -0.3 is 10.1 Å². The number of benzene rings is 1. The maximum atomic E-state index is 5.59. The van der Waals surface area contributed by atoms with Gasteiger partial charge in [0.15, 0.2) is 0 Å². The van der Waals surface area contributed by atoms with Gasteiger partial charge in [-0.1, -0.05) is 26.0 Å². The second-order valence-corrected chi connectivity index (χ2v) is 5.52. The third kappa shape index (κ3) is 3.74. The Bertz CT molecular complexity index is 360. The first-order valence-corrected chi connectivity index (χ1v) is 7.16. The van der Waals surface area contributed by atoms with Gasteiger partial charge in [0.2, 0.25) is 0 Å². The normalized spacial score (nSPS) is 23.7. The van der Waals surface area contributed by atoms with Crippen LogP contribution in [0.15, 0.2) is 24.3 Å². The Morgan fingerprint density at radius 1 is 1.33 bits per heavy atom. The van der Waals surface area contributed by atoms with Gasteiger partial charge >= 0.3 is 0 Å². The Hall–Kier alpha value is -1.02. The van der Waals surface area contributed by atoms with Crippen LogP contribution in [0.4, 0.5) is 0 Å². The highest BCUT2D eigenvalue weighted by molar-refractivity contribution is 5.28. The van der Waals surface area contributed by atoms with Crippen LogP contribution in [-0.4, -0.2) is 13.2 Å². The first-order chi connectivity index (χ1) is 8.70. The summed E-state index contributed by atoms with van der Waals surface area (Å²) in [4.78, 5) is 0. The first-order valence-electron chi connectivity index (χ1n) is 7.16. The van der Waals surface area contributed by atoms with Gasteiger partial charge in [-0.25, -0.2) is 0 Å². The summed E-state index contributed by atoms with van der Waals surface area (Å²) < 4.78 is 5.59. The third-order valence-electron chi connectivity index (χ3n) is 3.82. The Balaban J connectivity index is 1.80. The molecule has 0 spiro atoms. The van der Waals surface area contributed by atoms with Gasteiger partial charge in [0.1, 0.15) is 5.75 Å². The summed E-state index contributed by atoms with van der Waals surface area (Å²) in [6, 6.07) is 8.90. The summed E-state index contributed by atoms with van der Waals surface area (Å²) in [6.07, 6.45) is 2.45. The maximum absolute atomic E-state index is 5.59. The van der Waals surface area contributed by atoms with E-state index >= 15 is 0 Å². The van der Waals surface area contributed by atoms with Gasteiger partial charge in [-0.05, 0) is 55.8 Å². The number of hydrogen-bond donors (Lipinski definition) is 1. The highest BCUT2D eigenvalue weighted by Crippen LogP contribution is 2.37. The van der Waals surface area contributed by atoms with Crippen molar-refractivity contribution in [3.63, 3.8) is 0 Å². The van der Waals surface area contributed by atoms with Crippen LogP contribution in [0.5, 0.6) is 5.75 Å². The zero-order valence-corrected chi connectivity index (χ0v) is 11.8. The van der Waals surface area contributed by atoms with Crippen LogP contribution in [0.25, 0.3) is 0 Å². The molecular weight excluding hydrogens is 222 g/mol. The standard InChI is InChI=1S/C16H25NO/c1-4-9-18-16-7-5-14(6-8-16)13(3)17-11-15-10-12(15)2/h5-8,12-13,15,17H,4,9-11H2,1-3H3.